The van der Waals surface area contributed by atoms with Crippen molar-refractivity contribution in [1.29, 1.82) is 0 Å². The Morgan fingerprint density at radius 3 is 2.62 bits per heavy atom. The highest BCUT2D eigenvalue weighted by molar-refractivity contribution is 5.91. The minimum absolute atomic E-state index is 0.0790. The summed E-state index contributed by atoms with van der Waals surface area (Å²) in [5.74, 6) is -0.553. The molecule has 5 heteroatoms. The molecule has 0 atom stereocenters. The van der Waals surface area contributed by atoms with Crippen molar-refractivity contribution in [3.8, 4) is 5.75 Å². The Balaban J connectivity index is 2.07. The lowest BCUT2D eigenvalue weighted by Crippen LogP contribution is -2.25. The smallest absolute Gasteiger partial charge is 0.341 e. The fraction of sp³-hybridized carbons (Fsp3) is 0.500. The second-order valence-corrected chi connectivity index (χ2v) is 6.67. The number of nitrogens with zero attached hydrogens (tertiary/aromatic N) is 2. The van der Waals surface area contributed by atoms with Crippen LogP contribution in [0.4, 0.5) is 0 Å². The van der Waals surface area contributed by atoms with E-state index in [1.54, 1.807) is 16.7 Å². The van der Waals surface area contributed by atoms with E-state index in [0.29, 0.717) is 5.75 Å². The van der Waals surface area contributed by atoms with E-state index < -0.39 is 5.97 Å². The Kier molecular flexibility index (Phi) is 3.15. The first-order chi connectivity index (χ1) is 9.84. The van der Waals surface area contributed by atoms with Crippen LogP contribution in [0.25, 0.3) is 5.65 Å². The number of imidazole rings is 1. The number of hydrogen-bond donors (Lipinski definition) is 1. The molecule has 1 saturated carbocycles. The van der Waals surface area contributed by atoms with Gasteiger partial charge in [0.15, 0.2) is 0 Å². The summed E-state index contributed by atoms with van der Waals surface area (Å²) in [5.41, 5.74) is 1.76. The summed E-state index contributed by atoms with van der Waals surface area (Å²) in [7, 11) is 0. The molecule has 0 spiro atoms. The van der Waals surface area contributed by atoms with E-state index in [2.05, 4.69) is 25.8 Å². The van der Waals surface area contributed by atoms with Crippen LogP contribution in [0.3, 0.4) is 0 Å². The fourth-order valence-electron chi connectivity index (χ4n) is 2.30. The third-order valence-corrected chi connectivity index (χ3v) is 3.90. The number of fused-ring (bicyclic) bond motifs is 1. The minimum Gasteiger partial charge on any atom is -0.489 e. The maximum absolute atomic E-state index is 11.4. The van der Waals surface area contributed by atoms with Crippen molar-refractivity contribution in [2.45, 2.75) is 51.6 Å². The van der Waals surface area contributed by atoms with Crippen molar-refractivity contribution >= 4 is 11.6 Å². The van der Waals surface area contributed by atoms with Gasteiger partial charge in [0.1, 0.15) is 17.0 Å². The van der Waals surface area contributed by atoms with Crippen LogP contribution in [0.5, 0.6) is 5.75 Å². The summed E-state index contributed by atoms with van der Waals surface area (Å²) in [6, 6.07) is 1.73. The Bertz CT molecular complexity index is 693. The zero-order valence-corrected chi connectivity index (χ0v) is 12.6. The SMILES string of the molecule is CC(C)(C)c1cn2cc(C(=O)O)c(OC3CCC3)cc2n1. The van der Waals surface area contributed by atoms with Gasteiger partial charge in [-0.15, -0.1) is 0 Å². The predicted molar refractivity (Wildman–Crippen MR) is 79.1 cm³/mol. The van der Waals surface area contributed by atoms with Gasteiger partial charge >= 0.3 is 5.97 Å². The molecule has 0 unspecified atom stereocenters. The lowest BCUT2D eigenvalue weighted by Gasteiger charge is -2.27. The molecule has 0 radical (unpaired) electrons. The monoisotopic (exact) mass is 288 g/mol. The molecule has 5 nitrogen and oxygen atoms in total. The molecule has 0 aliphatic heterocycles. The molecule has 1 fully saturated rings. The number of rotatable bonds is 3. The average Bonchev–Trinajstić information content (AvgIpc) is 2.75. The zero-order chi connectivity index (χ0) is 15.2. The van der Waals surface area contributed by atoms with Crippen LogP contribution >= 0.6 is 0 Å². The first-order valence-electron chi connectivity index (χ1n) is 7.28. The molecular formula is C16H20N2O3. The van der Waals surface area contributed by atoms with Gasteiger partial charge in [-0.05, 0) is 19.3 Å². The van der Waals surface area contributed by atoms with Gasteiger partial charge in [-0.3, -0.25) is 0 Å². The van der Waals surface area contributed by atoms with Crippen molar-refractivity contribution in [3.63, 3.8) is 0 Å². The molecule has 2 aromatic rings. The van der Waals surface area contributed by atoms with E-state index in [4.69, 9.17) is 4.74 Å². The molecule has 21 heavy (non-hydrogen) atoms. The molecule has 0 aromatic carbocycles. The lowest BCUT2D eigenvalue weighted by atomic mass is 9.93. The molecule has 1 N–H and O–H groups in total. The second kappa shape index (κ2) is 4.76. The third kappa shape index (κ3) is 2.60. The van der Waals surface area contributed by atoms with Crippen LogP contribution in [0.15, 0.2) is 18.5 Å². The van der Waals surface area contributed by atoms with Gasteiger partial charge in [-0.25, -0.2) is 9.78 Å². The van der Waals surface area contributed by atoms with Crippen LogP contribution in [0.1, 0.15) is 56.1 Å². The normalized spacial score (nSPS) is 16.0. The molecular weight excluding hydrogens is 268 g/mol. The van der Waals surface area contributed by atoms with Gasteiger partial charge in [-0.1, -0.05) is 20.8 Å². The molecule has 0 saturated heterocycles. The van der Waals surface area contributed by atoms with Crippen LogP contribution in [-0.2, 0) is 5.41 Å². The third-order valence-electron chi connectivity index (χ3n) is 3.90. The van der Waals surface area contributed by atoms with Crippen molar-refractivity contribution in [2.24, 2.45) is 0 Å². The standard InChI is InChI=1S/C16H20N2O3/c1-16(2,3)13-9-18-8-11(15(19)20)12(7-14(18)17-13)21-10-5-4-6-10/h7-10H,4-6H2,1-3H3,(H,19,20). The predicted octanol–water partition coefficient (Wildman–Crippen LogP) is 3.26. The molecule has 0 amide bonds. The number of pyridine rings is 1. The number of aromatic carboxylic acids is 1. The van der Waals surface area contributed by atoms with Gasteiger partial charge in [0, 0.05) is 23.9 Å². The summed E-state index contributed by atoms with van der Waals surface area (Å²) in [6.07, 6.45) is 6.75. The van der Waals surface area contributed by atoms with Gasteiger partial charge in [0.05, 0.1) is 11.8 Å². The highest BCUT2D eigenvalue weighted by Gasteiger charge is 2.24. The Morgan fingerprint density at radius 1 is 1.38 bits per heavy atom. The van der Waals surface area contributed by atoms with Gasteiger partial charge in [0.25, 0.3) is 0 Å². The number of aromatic nitrogens is 2. The number of hydrogen-bond acceptors (Lipinski definition) is 3. The quantitative estimate of drug-likeness (QED) is 0.941. The molecule has 3 rings (SSSR count). The van der Waals surface area contributed by atoms with Crippen molar-refractivity contribution in [2.75, 3.05) is 0 Å². The zero-order valence-electron chi connectivity index (χ0n) is 12.6. The van der Waals surface area contributed by atoms with Gasteiger partial charge < -0.3 is 14.2 Å². The van der Waals surface area contributed by atoms with Crippen LogP contribution in [0.2, 0.25) is 0 Å². The van der Waals surface area contributed by atoms with Crippen LogP contribution in [-0.4, -0.2) is 26.6 Å². The number of carboxylic acid groups (broad SMARTS) is 1. The van der Waals surface area contributed by atoms with Crippen molar-refractivity contribution in [3.05, 3.63) is 29.7 Å². The van der Waals surface area contributed by atoms with Crippen LogP contribution < -0.4 is 4.74 Å². The Morgan fingerprint density at radius 2 is 2.10 bits per heavy atom. The maximum atomic E-state index is 11.4. The molecule has 2 heterocycles. The number of carboxylic acids is 1. The highest BCUT2D eigenvalue weighted by atomic mass is 16.5. The topological polar surface area (TPSA) is 63.8 Å². The van der Waals surface area contributed by atoms with E-state index in [0.717, 1.165) is 30.6 Å². The molecule has 1 aliphatic rings. The first-order valence-corrected chi connectivity index (χ1v) is 7.28. The molecule has 112 valence electrons. The largest absolute Gasteiger partial charge is 0.489 e. The van der Waals surface area contributed by atoms with E-state index in [1.165, 1.54) is 0 Å². The summed E-state index contributed by atoms with van der Waals surface area (Å²) in [5, 5.41) is 9.38. The Labute approximate surface area is 123 Å². The second-order valence-electron chi connectivity index (χ2n) is 6.67. The lowest BCUT2D eigenvalue weighted by molar-refractivity contribution is 0.0679. The maximum Gasteiger partial charge on any atom is 0.341 e. The summed E-state index contributed by atoms with van der Waals surface area (Å²) < 4.78 is 7.57. The van der Waals surface area contributed by atoms with E-state index in [-0.39, 0.29) is 17.1 Å². The summed E-state index contributed by atoms with van der Waals surface area (Å²) in [6.45, 7) is 6.25. The van der Waals surface area contributed by atoms with Gasteiger partial charge in [0.2, 0.25) is 0 Å². The number of ether oxygens (including phenoxy) is 1. The van der Waals surface area contributed by atoms with Crippen molar-refractivity contribution < 1.29 is 14.6 Å². The van der Waals surface area contributed by atoms with E-state index >= 15 is 0 Å². The van der Waals surface area contributed by atoms with E-state index in [1.807, 2.05) is 6.20 Å². The number of carbonyl (C=O) groups is 1. The first kappa shape index (κ1) is 13.9. The Hall–Kier alpha value is -2.04. The van der Waals surface area contributed by atoms with Gasteiger partial charge in [-0.2, -0.15) is 0 Å². The van der Waals surface area contributed by atoms with Crippen LogP contribution in [0, 0.1) is 0 Å². The molecule has 2 aromatic heterocycles. The highest BCUT2D eigenvalue weighted by Crippen LogP contribution is 2.30. The summed E-state index contributed by atoms with van der Waals surface area (Å²) in [4.78, 5) is 16.0. The molecule has 0 bridgehead atoms. The minimum atomic E-state index is -0.975. The molecule has 1 aliphatic carbocycles. The summed E-state index contributed by atoms with van der Waals surface area (Å²) >= 11 is 0. The average molecular weight is 288 g/mol. The van der Waals surface area contributed by atoms with E-state index in [9.17, 15) is 9.90 Å². The van der Waals surface area contributed by atoms with Crippen molar-refractivity contribution in [1.82, 2.24) is 9.38 Å². The fourth-order valence-corrected chi connectivity index (χ4v) is 2.30.